The fraction of sp³-hybridized carbons (Fsp3) is 0.176. The summed E-state index contributed by atoms with van der Waals surface area (Å²) >= 11 is 0. The minimum Gasteiger partial charge on any atom is -0.497 e. The fourth-order valence-electron chi connectivity index (χ4n) is 2.18. The maximum absolute atomic E-state index is 12.4. The SMILES string of the molecule is COc1cccc(NC(=O)c2cn(-c3cc(N(C)C)ncn3)cn2)c1. The summed E-state index contributed by atoms with van der Waals surface area (Å²) in [5.74, 6) is 1.75. The maximum atomic E-state index is 12.4. The molecule has 1 amide bonds. The third-order valence-corrected chi connectivity index (χ3v) is 3.50. The van der Waals surface area contributed by atoms with Crippen molar-refractivity contribution in [1.82, 2.24) is 19.5 Å². The van der Waals surface area contributed by atoms with Gasteiger partial charge in [-0.05, 0) is 12.1 Å². The van der Waals surface area contributed by atoms with Crippen LogP contribution in [0.1, 0.15) is 10.5 Å². The van der Waals surface area contributed by atoms with Crippen LogP contribution in [0.5, 0.6) is 5.75 Å². The molecule has 1 N–H and O–H groups in total. The average Bonchev–Trinajstić information content (AvgIpc) is 3.12. The summed E-state index contributed by atoms with van der Waals surface area (Å²) in [7, 11) is 5.37. The lowest BCUT2D eigenvalue weighted by Crippen LogP contribution is -2.12. The smallest absolute Gasteiger partial charge is 0.275 e. The van der Waals surface area contributed by atoms with Gasteiger partial charge in [-0.3, -0.25) is 9.36 Å². The molecule has 0 saturated carbocycles. The van der Waals surface area contributed by atoms with Crippen LogP contribution in [0.2, 0.25) is 0 Å². The lowest BCUT2D eigenvalue weighted by Gasteiger charge is -2.11. The van der Waals surface area contributed by atoms with Gasteiger partial charge in [0, 0.05) is 38.1 Å². The van der Waals surface area contributed by atoms with Crippen molar-refractivity contribution in [3.8, 4) is 11.6 Å². The number of amides is 1. The van der Waals surface area contributed by atoms with Gasteiger partial charge in [0.05, 0.1) is 7.11 Å². The largest absolute Gasteiger partial charge is 0.497 e. The normalized spacial score (nSPS) is 10.4. The Hall–Kier alpha value is -3.42. The zero-order valence-corrected chi connectivity index (χ0v) is 14.2. The second-order valence-corrected chi connectivity index (χ2v) is 5.48. The molecule has 2 heterocycles. The summed E-state index contributed by atoms with van der Waals surface area (Å²) in [5.41, 5.74) is 0.920. The number of methoxy groups -OCH3 is 1. The highest BCUT2D eigenvalue weighted by atomic mass is 16.5. The van der Waals surface area contributed by atoms with Crippen LogP contribution in [-0.4, -0.2) is 46.6 Å². The van der Waals surface area contributed by atoms with Gasteiger partial charge in [-0.1, -0.05) is 6.07 Å². The molecule has 0 fully saturated rings. The molecule has 0 atom stereocenters. The van der Waals surface area contributed by atoms with Gasteiger partial charge in [0.1, 0.15) is 35.7 Å². The second-order valence-electron chi connectivity index (χ2n) is 5.48. The zero-order chi connectivity index (χ0) is 17.8. The number of rotatable bonds is 5. The minimum atomic E-state index is -0.311. The average molecular weight is 338 g/mol. The molecule has 0 radical (unpaired) electrons. The molecule has 0 spiro atoms. The standard InChI is InChI=1S/C17H18N6O2/c1-22(2)15-8-16(19-10-18-15)23-9-14(20-11-23)17(24)21-12-5-4-6-13(7-12)25-3/h4-11H,1-3H3,(H,21,24). The first-order chi connectivity index (χ1) is 12.1. The highest BCUT2D eigenvalue weighted by Gasteiger charge is 2.12. The molecule has 0 saturated heterocycles. The van der Waals surface area contributed by atoms with E-state index in [2.05, 4.69) is 20.3 Å². The van der Waals surface area contributed by atoms with Crippen molar-refractivity contribution < 1.29 is 9.53 Å². The monoisotopic (exact) mass is 338 g/mol. The van der Waals surface area contributed by atoms with E-state index in [1.165, 1.54) is 6.33 Å². The summed E-state index contributed by atoms with van der Waals surface area (Å²) in [5, 5.41) is 2.79. The molecule has 25 heavy (non-hydrogen) atoms. The van der Waals surface area contributed by atoms with Crippen molar-refractivity contribution in [1.29, 1.82) is 0 Å². The molecule has 0 aliphatic heterocycles. The molecule has 8 heteroatoms. The van der Waals surface area contributed by atoms with Gasteiger partial charge in [0.15, 0.2) is 0 Å². The summed E-state index contributed by atoms with van der Waals surface area (Å²) in [6, 6.07) is 8.94. The molecule has 1 aromatic carbocycles. The van der Waals surface area contributed by atoms with E-state index in [-0.39, 0.29) is 11.6 Å². The molecule has 3 rings (SSSR count). The third-order valence-electron chi connectivity index (χ3n) is 3.50. The van der Waals surface area contributed by atoms with Crippen LogP contribution in [0.25, 0.3) is 5.82 Å². The Balaban J connectivity index is 1.78. The Morgan fingerprint density at radius 1 is 1.20 bits per heavy atom. The molecule has 2 aromatic heterocycles. The van der Waals surface area contributed by atoms with Crippen molar-refractivity contribution in [2.75, 3.05) is 31.4 Å². The number of benzene rings is 1. The summed E-state index contributed by atoms with van der Waals surface area (Å²) in [4.78, 5) is 26.8. The molecule has 0 aliphatic carbocycles. The molecular formula is C17H18N6O2. The molecular weight excluding hydrogens is 320 g/mol. The number of carbonyl (C=O) groups is 1. The van der Waals surface area contributed by atoms with E-state index in [1.54, 1.807) is 42.4 Å². The molecule has 8 nitrogen and oxygen atoms in total. The molecule has 128 valence electrons. The van der Waals surface area contributed by atoms with Crippen LogP contribution >= 0.6 is 0 Å². The van der Waals surface area contributed by atoms with E-state index < -0.39 is 0 Å². The summed E-state index contributed by atoms with van der Waals surface area (Å²) in [6.45, 7) is 0. The molecule has 0 unspecified atom stereocenters. The molecule has 3 aromatic rings. The highest BCUT2D eigenvalue weighted by Crippen LogP contribution is 2.18. The van der Waals surface area contributed by atoms with E-state index >= 15 is 0 Å². The molecule has 0 aliphatic rings. The number of carbonyl (C=O) groups excluding carboxylic acids is 1. The Kier molecular flexibility index (Phi) is 4.60. The van der Waals surface area contributed by atoms with Crippen LogP contribution in [0.15, 0.2) is 49.2 Å². The number of imidazole rings is 1. The lowest BCUT2D eigenvalue weighted by molar-refractivity contribution is 0.102. The quantitative estimate of drug-likeness (QED) is 0.766. The van der Waals surface area contributed by atoms with Gasteiger partial charge < -0.3 is 15.0 Å². The van der Waals surface area contributed by atoms with Gasteiger partial charge in [-0.25, -0.2) is 15.0 Å². The highest BCUT2D eigenvalue weighted by molar-refractivity contribution is 6.02. The first-order valence-electron chi connectivity index (χ1n) is 7.56. The van der Waals surface area contributed by atoms with Crippen molar-refractivity contribution >= 4 is 17.4 Å². The van der Waals surface area contributed by atoms with E-state index in [9.17, 15) is 4.79 Å². The number of hydrogen-bond donors (Lipinski definition) is 1. The van der Waals surface area contributed by atoms with Gasteiger partial charge in [0.2, 0.25) is 0 Å². The van der Waals surface area contributed by atoms with Crippen LogP contribution in [-0.2, 0) is 0 Å². The van der Waals surface area contributed by atoms with E-state index in [1.807, 2.05) is 31.1 Å². The summed E-state index contributed by atoms with van der Waals surface area (Å²) in [6.07, 6.45) is 4.64. The Labute approximate surface area is 145 Å². The predicted octanol–water partition coefficient (Wildman–Crippen LogP) is 1.99. The Morgan fingerprint density at radius 3 is 2.80 bits per heavy atom. The van der Waals surface area contributed by atoms with Crippen LogP contribution in [0, 0.1) is 0 Å². The van der Waals surface area contributed by atoms with Crippen molar-refractivity contribution in [3.05, 3.63) is 54.9 Å². The number of aromatic nitrogens is 4. The summed E-state index contributed by atoms with van der Waals surface area (Å²) < 4.78 is 6.82. The number of nitrogens with zero attached hydrogens (tertiary/aromatic N) is 5. The van der Waals surface area contributed by atoms with E-state index in [4.69, 9.17) is 4.74 Å². The number of nitrogens with one attached hydrogen (secondary N) is 1. The number of ether oxygens (including phenoxy) is 1. The number of hydrogen-bond acceptors (Lipinski definition) is 6. The first-order valence-corrected chi connectivity index (χ1v) is 7.56. The zero-order valence-electron chi connectivity index (χ0n) is 14.2. The Bertz CT molecular complexity index is 890. The van der Waals surface area contributed by atoms with Crippen molar-refractivity contribution in [2.45, 2.75) is 0 Å². The fourth-order valence-corrected chi connectivity index (χ4v) is 2.18. The predicted molar refractivity (Wildman–Crippen MR) is 94.4 cm³/mol. The van der Waals surface area contributed by atoms with Gasteiger partial charge in [-0.15, -0.1) is 0 Å². The van der Waals surface area contributed by atoms with Crippen LogP contribution in [0.4, 0.5) is 11.5 Å². The number of anilines is 2. The van der Waals surface area contributed by atoms with Crippen molar-refractivity contribution in [2.24, 2.45) is 0 Å². The van der Waals surface area contributed by atoms with E-state index in [0.29, 0.717) is 17.3 Å². The van der Waals surface area contributed by atoms with Crippen molar-refractivity contribution in [3.63, 3.8) is 0 Å². The van der Waals surface area contributed by atoms with Gasteiger partial charge >= 0.3 is 0 Å². The van der Waals surface area contributed by atoms with E-state index in [0.717, 1.165) is 5.82 Å². The Morgan fingerprint density at radius 2 is 2.04 bits per heavy atom. The first kappa shape index (κ1) is 16.4. The second kappa shape index (κ2) is 7.00. The van der Waals surface area contributed by atoms with Gasteiger partial charge in [0.25, 0.3) is 5.91 Å². The van der Waals surface area contributed by atoms with Gasteiger partial charge in [-0.2, -0.15) is 0 Å². The minimum absolute atomic E-state index is 0.285. The maximum Gasteiger partial charge on any atom is 0.275 e. The van der Waals surface area contributed by atoms with Crippen LogP contribution in [0.3, 0.4) is 0 Å². The third kappa shape index (κ3) is 3.74. The lowest BCUT2D eigenvalue weighted by atomic mass is 10.3. The molecule has 0 bridgehead atoms. The van der Waals surface area contributed by atoms with Crippen LogP contribution < -0.4 is 15.0 Å². The topological polar surface area (TPSA) is 85.2 Å².